The van der Waals surface area contributed by atoms with Crippen molar-refractivity contribution in [1.29, 1.82) is 0 Å². The van der Waals surface area contributed by atoms with Gasteiger partial charge in [0.05, 0.1) is 38.5 Å². The standard InChI is InChI=1S/C33H49FN4O4.C4H10O.2C2H6.CH5N/c1-7-25(18-40-14-12-10-9-11-13-38-19-33(20-38)21-41-22-33)28(39-6)16-26(23(3)4)32(35-8-2)42-29-17-36-31-27(30(29)34)15-24(5)37-31;1-3-4-5-2;3*1-2/h7,15,17,23,26H,1,8-14,16,18-22H2,2-6H3,(H,36,37);3-4H2,1-2H3;2*1-2H3;2H2,1H3/b28-25-,35-32?;;;;. The molecule has 0 bridgehead atoms. The summed E-state index contributed by atoms with van der Waals surface area (Å²) in [6.45, 7) is 30.2. The fraction of sp³-hybridized carbons (Fsp3) is 0.714. The molecule has 2 aromatic heterocycles. The highest BCUT2D eigenvalue weighted by atomic mass is 19.1. The lowest BCUT2D eigenvalue weighted by molar-refractivity contribution is -0.188. The summed E-state index contributed by atoms with van der Waals surface area (Å²) in [5.74, 6) is 0.873. The van der Waals surface area contributed by atoms with Crippen LogP contribution < -0.4 is 10.5 Å². The molecule has 2 aliphatic rings. The van der Waals surface area contributed by atoms with E-state index < -0.39 is 5.82 Å². The van der Waals surface area contributed by atoms with E-state index in [2.05, 4.69) is 52.9 Å². The maximum atomic E-state index is 15.3. The average molecular weight is 750 g/mol. The number of halogens is 1. The molecule has 1 unspecified atom stereocenters. The summed E-state index contributed by atoms with van der Waals surface area (Å²) >= 11 is 0. The molecule has 0 amide bonds. The molecule has 0 saturated carbocycles. The molecule has 0 aliphatic carbocycles. The quantitative estimate of drug-likeness (QED) is 0.0481. The topological polar surface area (TPSA) is 116 Å². The molecular formula is C42H76FN5O5. The lowest BCUT2D eigenvalue weighted by atomic mass is 9.78. The highest BCUT2D eigenvalue weighted by Gasteiger charge is 2.48. The first-order valence-electron chi connectivity index (χ1n) is 19.9. The molecule has 11 heteroatoms. The third kappa shape index (κ3) is 17.0. The summed E-state index contributed by atoms with van der Waals surface area (Å²) in [4.78, 5) is 14.6. The molecule has 2 aliphatic heterocycles. The first-order valence-corrected chi connectivity index (χ1v) is 19.9. The minimum Gasteiger partial charge on any atom is -0.501 e. The van der Waals surface area contributed by atoms with Gasteiger partial charge in [-0.15, -0.1) is 0 Å². The number of hydrogen-bond donors (Lipinski definition) is 2. The lowest BCUT2D eigenvalue weighted by Crippen LogP contribution is -2.65. The van der Waals surface area contributed by atoms with E-state index >= 15 is 4.39 Å². The number of methoxy groups -OCH3 is 2. The predicted molar refractivity (Wildman–Crippen MR) is 221 cm³/mol. The van der Waals surface area contributed by atoms with Gasteiger partial charge in [-0.3, -0.25) is 4.99 Å². The van der Waals surface area contributed by atoms with Crippen LogP contribution in [-0.4, -0.2) is 101 Å². The monoisotopic (exact) mass is 750 g/mol. The molecule has 1 atom stereocenters. The van der Waals surface area contributed by atoms with Crippen LogP contribution in [0.25, 0.3) is 11.0 Å². The number of aryl methyl sites for hydroxylation is 1. The van der Waals surface area contributed by atoms with Crippen LogP contribution in [0.1, 0.15) is 99.6 Å². The Kier molecular flexibility index (Phi) is 27.9. The van der Waals surface area contributed by atoms with Crippen molar-refractivity contribution in [3.8, 4) is 5.75 Å². The van der Waals surface area contributed by atoms with Crippen LogP contribution in [0.2, 0.25) is 0 Å². The van der Waals surface area contributed by atoms with Crippen LogP contribution in [0.5, 0.6) is 5.75 Å². The van der Waals surface area contributed by atoms with E-state index in [1.54, 1.807) is 26.4 Å². The van der Waals surface area contributed by atoms with E-state index in [9.17, 15) is 0 Å². The van der Waals surface area contributed by atoms with E-state index in [-0.39, 0.29) is 17.6 Å². The number of H-pyrrole nitrogens is 1. The average Bonchev–Trinajstić information content (AvgIpc) is 3.53. The largest absolute Gasteiger partial charge is 0.501 e. The van der Waals surface area contributed by atoms with Crippen molar-refractivity contribution in [2.45, 2.75) is 101 Å². The summed E-state index contributed by atoms with van der Waals surface area (Å²) in [5, 5.41) is 0.402. The highest BCUT2D eigenvalue weighted by Crippen LogP contribution is 2.37. The van der Waals surface area contributed by atoms with Gasteiger partial charge in [0.15, 0.2) is 17.5 Å². The molecular weight excluding hydrogens is 673 g/mol. The number of ether oxygens (including phenoxy) is 5. The Morgan fingerprint density at radius 1 is 1.09 bits per heavy atom. The Labute approximate surface area is 322 Å². The summed E-state index contributed by atoms with van der Waals surface area (Å²) in [5.41, 5.74) is 7.24. The van der Waals surface area contributed by atoms with E-state index in [1.807, 2.05) is 41.5 Å². The van der Waals surface area contributed by atoms with Crippen LogP contribution in [0, 0.1) is 30.0 Å². The fourth-order valence-corrected chi connectivity index (χ4v) is 6.04. The van der Waals surface area contributed by atoms with Gasteiger partial charge in [0.25, 0.3) is 0 Å². The van der Waals surface area contributed by atoms with Crippen molar-refractivity contribution in [3.63, 3.8) is 0 Å². The molecule has 306 valence electrons. The highest BCUT2D eigenvalue weighted by molar-refractivity contribution is 5.84. The number of rotatable bonds is 19. The molecule has 0 aromatic carbocycles. The predicted octanol–water partition coefficient (Wildman–Crippen LogP) is 9.14. The third-order valence-electron chi connectivity index (χ3n) is 8.72. The number of pyridine rings is 1. The zero-order valence-electron chi connectivity index (χ0n) is 35.5. The van der Waals surface area contributed by atoms with Crippen molar-refractivity contribution in [2.24, 2.45) is 28.0 Å². The van der Waals surface area contributed by atoms with Crippen LogP contribution >= 0.6 is 0 Å². The molecule has 3 N–H and O–H groups in total. The first kappa shape index (κ1) is 50.2. The minimum absolute atomic E-state index is 0.0660. The van der Waals surface area contributed by atoms with Crippen molar-refractivity contribution in [1.82, 2.24) is 14.9 Å². The van der Waals surface area contributed by atoms with E-state index in [0.29, 0.717) is 48.5 Å². The molecule has 4 heterocycles. The lowest BCUT2D eigenvalue weighted by Gasteiger charge is -2.55. The van der Waals surface area contributed by atoms with E-state index in [4.69, 9.17) is 23.7 Å². The van der Waals surface area contributed by atoms with Gasteiger partial charge >= 0.3 is 0 Å². The number of nitrogens with one attached hydrogen (secondary N) is 1. The Bertz CT molecular complexity index is 1300. The second-order valence-corrected chi connectivity index (χ2v) is 13.1. The zero-order chi connectivity index (χ0) is 40.2. The zero-order valence-corrected chi connectivity index (χ0v) is 35.5. The minimum atomic E-state index is -0.448. The number of aliphatic imine (C=N–C) groups is 1. The first-order chi connectivity index (χ1) is 25.7. The van der Waals surface area contributed by atoms with Crippen molar-refractivity contribution >= 4 is 16.9 Å². The van der Waals surface area contributed by atoms with Gasteiger partial charge in [-0.1, -0.05) is 74.0 Å². The maximum absolute atomic E-state index is 15.3. The van der Waals surface area contributed by atoms with Crippen LogP contribution in [-0.2, 0) is 18.9 Å². The van der Waals surface area contributed by atoms with Gasteiger partial charge in [0.2, 0.25) is 0 Å². The number of hydrogen-bond acceptors (Lipinski definition) is 9. The van der Waals surface area contributed by atoms with Gasteiger partial charge in [-0.25, -0.2) is 9.37 Å². The molecule has 2 fully saturated rings. The number of nitrogens with zero attached hydrogens (tertiary/aromatic N) is 3. The number of fused-ring (bicyclic) bond motifs is 1. The summed E-state index contributed by atoms with van der Waals surface area (Å²) < 4.78 is 43.4. The van der Waals surface area contributed by atoms with Gasteiger partial charge in [0.1, 0.15) is 11.4 Å². The summed E-state index contributed by atoms with van der Waals surface area (Å²) in [6, 6.07) is 1.73. The Morgan fingerprint density at radius 2 is 1.75 bits per heavy atom. The number of nitrogens with two attached hydrogens (primary N) is 1. The SMILES string of the molecule is C=C/C(COCCCCCCN1CC2(COC2)C1)=C(\CC(C(=NCC)Oc1cnc2[nH]c(C)cc2c1F)C(C)C)OC.CC.CC.CCCOC.CN. The Balaban J connectivity index is 0.00000220. The second kappa shape index (κ2) is 29.5. The smallest absolute Gasteiger partial charge is 0.194 e. The maximum Gasteiger partial charge on any atom is 0.194 e. The molecule has 10 nitrogen and oxygen atoms in total. The van der Waals surface area contributed by atoms with Gasteiger partial charge in [-0.05, 0) is 58.7 Å². The molecule has 2 saturated heterocycles. The molecule has 53 heavy (non-hydrogen) atoms. The van der Waals surface area contributed by atoms with Crippen LogP contribution in [0.4, 0.5) is 4.39 Å². The number of aromatic nitrogens is 2. The molecule has 4 rings (SSSR count). The normalized spacial score (nSPS) is 15.5. The fourth-order valence-electron chi connectivity index (χ4n) is 6.04. The Hall–Kier alpha value is -2.83. The Morgan fingerprint density at radius 3 is 2.26 bits per heavy atom. The van der Waals surface area contributed by atoms with Gasteiger partial charge < -0.3 is 39.3 Å². The van der Waals surface area contributed by atoms with Gasteiger partial charge in [-0.2, -0.15) is 0 Å². The van der Waals surface area contributed by atoms with Crippen LogP contribution in [0.3, 0.4) is 0 Å². The summed E-state index contributed by atoms with van der Waals surface area (Å²) in [6.07, 6.45) is 9.52. The van der Waals surface area contributed by atoms with Crippen molar-refractivity contribution in [2.75, 3.05) is 80.5 Å². The van der Waals surface area contributed by atoms with Gasteiger partial charge in [0, 0.05) is 69.0 Å². The molecule has 0 radical (unpaired) electrons. The molecule has 2 aromatic rings. The van der Waals surface area contributed by atoms with E-state index in [1.165, 1.54) is 45.7 Å². The summed E-state index contributed by atoms with van der Waals surface area (Å²) in [7, 11) is 4.88. The number of likely N-dealkylation sites (tertiary alicyclic amines) is 1. The van der Waals surface area contributed by atoms with Crippen molar-refractivity contribution in [3.05, 3.63) is 47.8 Å². The third-order valence-corrected chi connectivity index (χ3v) is 8.72. The number of aromatic amines is 1. The second-order valence-electron chi connectivity index (χ2n) is 13.1. The van der Waals surface area contributed by atoms with E-state index in [0.717, 1.165) is 56.1 Å². The number of allylic oxidation sites excluding steroid dienone is 1. The number of unbranched alkanes of at least 4 members (excludes halogenated alkanes) is 3. The van der Waals surface area contributed by atoms with Crippen LogP contribution in [0.15, 0.2) is 41.2 Å². The van der Waals surface area contributed by atoms with Crippen molar-refractivity contribution < 1.29 is 28.1 Å². The molecule has 1 spiro atoms.